The Morgan fingerprint density at radius 2 is 1.68 bits per heavy atom. The Morgan fingerprint density at radius 1 is 0.964 bits per heavy atom. The van der Waals surface area contributed by atoms with E-state index in [-0.39, 0.29) is 11.9 Å². The second kappa shape index (κ2) is 8.84. The van der Waals surface area contributed by atoms with Gasteiger partial charge in [0.1, 0.15) is 10.8 Å². The highest BCUT2D eigenvalue weighted by atomic mass is 32.2. The molecule has 28 heavy (non-hydrogen) atoms. The molecule has 3 aromatic rings. The molecule has 1 fully saturated rings. The molecule has 0 spiro atoms. The number of pyridine rings is 1. The van der Waals surface area contributed by atoms with Gasteiger partial charge in [-0.1, -0.05) is 12.8 Å². The lowest BCUT2D eigenvalue weighted by Gasteiger charge is -2.12. The van der Waals surface area contributed by atoms with E-state index in [4.69, 9.17) is 4.74 Å². The van der Waals surface area contributed by atoms with Gasteiger partial charge in [0.2, 0.25) is 0 Å². The maximum absolute atomic E-state index is 12.8. The van der Waals surface area contributed by atoms with E-state index in [2.05, 4.69) is 20.3 Å². The summed E-state index contributed by atoms with van der Waals surface area (Å²) in [6.07, 6.45) is 9.87. The molecule has 1 amide bonds. The van der Waals surface area contributed by atoms with Gasteiger partial charge in [-0.15, -0.1) is 11.8 Å². The first-order chi connectivity index (χ1) is 13.8. The summed E-state index contributed by atoms with van der Waals surface area (Å²) < 4.78 is 5.57. The van der Waals surface area contributed by atoms with E-state index in [1.165, 1.54) is 25.7 Å². The predicted molar refractivity (Wildman–Crippen MR) is 109 cm³/mol. The lowest BCUT2D eigenvalue weighted by Crippen LogP contribution is -2.14. The fraction of sp³-hybridized carbons (Fsp3) is 0.238. The van der Waals surface area contributed by atoms with Gasteiger partial charge in [-0.2, -0.15) is 0 Å². The SMILES string of the molecule is O=C(Nc1ccc(Oc2ncccn2)cc1)c1cccnc1SC1CCCC1. The van der Waals surface area contributed by atoms with Gasteiger partial charge in [-0.25, -0.2) is 15.0 Å². The molecular formula is C21H20N4O2S. The van der Waals surface area contributed by atoms with E-state index in [0.717, 1.165) is 5.03 Å². The molecule has 4 rings (SSSR count). The van der Waals surface area contributed by atoms with Crippen LogP contribution < -0.4 is 10.1 Å². The molecule has 1 aromatic carbocycles. The van der Waals surface area contributed by atoms with Crippen LogP contribution in [0.3, 0.4) is 0 Å². The highest BCUT2D eigenvalue weighted by Crippen LogP contribution is 2.35. The van der Waals surface area contributed by atoms with Crippen LogP contribution in [0.1, 0.15) is 36.0 Å². The quantitative estimate of drug-likeness (QED) is 0.639. The summed E-state index contributed by atoms with van der Waals surface area (Å²) in [6, 6.07) is 12.7. The van der Waals surface area contributed by atoms with E-state index in [0.29, 0.717) is 22.3 Å². The Morgan fingerprint density at radius 3 is 2.43 bits per heavy atom. The minimum atomic E-state index is -0.159. The van der Waals surface area contributed by atoms with Gasteiger partial charge in [0, 0.05) is 29.5 Å². The number of ether oxygens (including phenoxy) is 1. The number of aromatic nitrogens is 3. The third-order valence-corrected chi connectivity index (χ3v) is 5.81. The number of thioether (sulfide) groups is 1. The third-order valence-electron chi connectivity index (χ3n) is 4.46. The molecule has 2 heterocycles. The van der Waals surface area contributed by atoms with Crippen molar-refractivity contribution < 1.29 is 9.53 Å². The number of nitrogens with zero attached hydrogens (tertiary/aromatic N) is 3. The summed E-state index contributed by atoms with van der Waals surface area (Å²) in [5, 5.41) is 4.29. The van der Waals surface area contributed by atoms with Gasteiger partial charge in [0.05, 0.1) is 5.56 Å². The highest BCUT2D eigenvalue weighted by Gasteiger charge is 2.20. The van der Waals surface area contributed by atoms with Crippen LogP contribution in [0.4, 0.5) is 5.69 Å². The van der Waals surface area contributed by atoms with Crippen molar-refractivity contribution in [1.82, 2.24) is 15.0 Å². The molecule has 6 nitrogen and oxygen atoms in total. The fourth-order valence-corrected chi connectivity index (χ4v) is 4.36. The van der Waals surface area contributed by atoms with Crippen molar-refractivity contribution in [3.05, 3.63) is 66.6 Å². The average Bonchev–Trinajstić information content (AvgIpc) is 3.24. The Hall–Kier alpha value is -2.93. The minimum absolute atomic E-state index is 0.159. The fourth-order valence-electron chi connectivity index (χ4n) is 3.07. The molecule has 1 saturated carbocycles. The lowest BCUT2D eigenvalue weighted by atomic mass is 10.2. The normalized spacial score (nSPS) is 14.0. The second-order valence-electron chi connectivity index (χ2n) is 6.49. The minimum Gasteiger partial charge on any atom is -0.424 e. The van der Waals surface area contributed by atoms with Crippen molar-refractivity contribution in [2.24, 2.45) is 0 Å². The largest absolute Gasteiger partial charge is 0.424 e. The van der Waals surface area contributed by atoms with Crippen LogP contribution >= 0.6 is 11.8 Å². The Bertz CT molecular complexity index is 929. The topological polar surface area (TPSA) is 77.0 Å². The zero-order valence-corrected chi connectivity index (χ0v) is 16.1. The maximum atomic E-state index is 12.8. The molecule has 1 aliphatic rings. The van der Waals surface area contributed by atoms with Gasteiger partial charge >= 0.3 is 6.01 Å². The first kappa shape index (κ1) is 18.4. The van der Waals surface area contributed by atoms with E-state index in [1.807, 2.05) is 6.07 Å². The number of hydrogen-bond acceptors (Lipinski definition) is 6. The van der Waals surface area contributed by atoms with E-state index in [1.54, 1.807) is 66.8 Å². The van der Waals surface area contributed by atoms with Crippen LogP contribution in [0.15, 0.2) is 66.1 Å². The molecule has 0 radical (unpaired) electrons. The zero-order valence-electron chi connectivity index (χ0n) is 15.2. The number of hydrogen-bond donors (Lipinski definition) is 1. The number of rotatable bonds is 6. The molecule has 0 unspecified atom stereocenters. The van der Waals surface area contributed by atoms with Gasteiger partial charge < -0.3 is 10.1 Å². The number of nitrogens with one attached hydrogen (secondary N) is 1. The van der Waals surface area contributed by atoms with Gasteiger partial charge in [0.25, 0.3) is 5.91 Å². The van der Waals surface area contributed by atoms with Crippen molar-refractivity contribution in [3.63, 3.8) is 0 Å². The van der Waals surface area contributed by atoms with Crippen molar-refractivity contribution >= 4 is 23.4 Å². The van der Waals surface area contributed by atoms with Crippen LogP contribution in [-0.4, -0.2) is 26.1 Å². The molecule has 142 valence electrons. The van der Waals surface area contributed by atoms with Crippen molar-refractivity contribution in [2.75, 3.05) is 5.32 Å². The maximum Gasteiger partial charge on any atom is 0.321 e. The molecule has 0 bridgehead atoms. The van der Waals surface area contributed by atoms with E-state index >= 15 is 0 Å². The Kier molecular flexibility index (Phi) is 5.82. The smallest absolute Gasteiger partial charge is 0.321 e. The Balaban J connectivity index is 1.42. The summed E-state index contributed by atoms with van der Waals surface area (Å²) >= 11 is 1.71. The molecule has 1 N–H and O–H groups in total. The molecule has 0 saturated heterocycles. The predicted octanol–water partition coefficient (Wildman–Crippen LogP) is 4.95. The lowest BCUT2D eigenvalue weighted by molar-refractivity contribution is 0.102. The molecular weight excluding hydrogens is 372 g/mol. The van der Waals surface area contributed by atoms with Crippen molar-refractivity contribution in [3.8, 4) is 11.8 Å². The van der Waals surface area contributed by atoms with Crippen molar-refractivity contribution in [1.29, 1.82) is 0 Å². The first-order valence-corrected chi connectivity index (χ1v) is 10.1. The monoisotopic (exact) mass is 392 g/mol. The van der Waals surface area contributed by atoms with Gasteiger partial charge in [-0.3, -0.25) is 4.79 Å². The molecule has 7 heteroatoms. The third kappa shape index (κ3) is 4.67. The molecule has 0 atom stereocenters. The first-order valence-electron chi connectivity index (χ1n) is 9.26. The van der Waals surface area contributed by atoms with E-state index in [9.17, 15) is 4.79 Å². The van der Waals surface area contributed by atoms with Crippen LogP contribution in [0.2, 0.25) is 0 Å². The number of carbonyl (C=O) groups excluding carboxylic acids is 1. The molecule has 2 aromatic heterocycles. The summed E-state index contributed by atoms with van der Waals surface area (Å²) in [5.74, 6) is 0.441. The second-order valence-corrected chi connectivity index (χ2v) is 7.78. The van der Waals surface area contributed by atoms with Crippen LogP contribution in [0.25, 0.3) is 0 Å². The summed E-state index contributed by atoms with van der Waals surface area (Å²) in [4.78, 5) is 25.3. The number of carbonyl (C=O) groups is 1. The summed E-state index contributed by atoms with van der Waals surface area (Å²) in [5.41, 5.74) is 1.30. The molecule has 1 aliphatic carbocycles. The zero-order chi connectivity index (χ0) is 19.2. The van der Waals surface area contributed by atoms with Gasteiger partial charge in [-0.05, 0) is 55.3 Å². The number of anilines is 1. The van der Waals surface area contributed by atoms with Gasteiger partial charge in [0.15, 0.2) is 0 Å². The number of benzene rings is 1. The summed E-state index contributed by atoms with van der Waals surface area (Å²) in [7, 11) is 0. The number of amides is 1. The summed E-state index contributed by atoms with van der Waals surface area (Å²) in [6.45, 7) is 0. The highest BCUT2D eigenvalue weighted by molar-refractivity contribution is 7.99. The van der Waals surface area contributed by atoms with Crippen LogP contribution in [-0.2, 0) is 0 Å². The van der Waals surface area contributed by atoms with Crippen molar-refractivity contribution in [2.45, 2.75) is 36.0 Å². The standard InChI is InChI=1S/C21H20N4O2S/c26-19(18-7-3-12-22-20(18)28-17-5-1-2-6-17)25-15-8-10-16(11-9-15)27-21-23-13-4-14-24-21/h3-4,7-14,17H,1-2,5-6H2,(H,25,26). The average molecular weight is 392 g/mol. The van der Waals surface area contributed by atoms with Crippen LogP contribution in [0.5, 0.6) is 11.8 Å². The molecule has 0 aliphatic heterocycles. The van der Waals surface area contributed by atoms with Crippen LogP contribution in [0, 0.1) is 0 Å². The van der Waals surface area contributed by atoms with E-state index < -0.39 is 0 Å². The Labute approximate surface area is 167 Å².